The fourth-order valence-electron chi connectivity index (χ4n) is 1.41. The van der Waals surface area contributed by atoms with Crippen LogP contribution in [0.4, 0.5) is 10.1 Å². The smallest absolute Gasteiger partial charge is 0.221 e. The number of hydrogen-bond donors (Lipinski definition) is 2. The van der Waals surface area contributed by atoms with Gasteiger partial charge in [0.1, 0.15) is 5.82 Å². The lowest BCUT2D eigenvalue weighted by Gasteiger charge is -2.07. The van der Waals surface area contributed by atoms with Gasteiger partial charge in [0.25, 0.3) is 0 Å². The topological polar surface area (TPSA) is 41.1 Å². The number of nitrogens with one attached hydrogen (secondary N) is 2. The number of benzene rings is 1. The molecule has 0 saturated heterocycles. The summed E-state index contributed by atoms with van der Waals surface area (Å²) in [5.41, 5.74) is 0.700. The maximum absolute atomic E-state index is 12.8. The highest BCUT2D eigenvalue weighted by Crippen LogP contribution is 2.08. The van der Waals surface area contributed by atoms with Crippen LogP contribution in [0, 0.1) is 5.82 Å². The first-order chi connectivity index (χ1) is 8.22. The molecule has 1 rings (SSSR count). The SMILES string of the molecule is CCCCNC(=O)CCNc1cccc(F)c1. The zero-order valence-corrected chi connectivity index (χ0v) is 10.1. The Labute approximate surface area is 101 Å². The van der Waals surface area contributed by atoms with E-state index in [0.29, 0.717) is 18.7 Å². The number of halogens is 1. The summed E-state index contributed by atoms with van der Waals surface area (Å²) in [6.45, 7) is 3.33. The standard InChI is InChI=1S/C13H19FN2O/c1-2-3-8-16-13(17)7-9-15-12-6-4-5-11(14)10-12/h4-6,10,15H,2-3,7-9H2,1H3,(H,16,17). The number of hydrogen-bond acceptors (Lipinski definition) is 2. The second kappa shape index (κ2) is 7.65. The monoisotopic (exact) mass is 238 g/mol. The molecule has 3 nitrogen and oxygen atoms in total. The molecule has 0 aromatic heterocycles. The first kappa shape index (κ1) is 13.5. The van der Waals surface area contributed by atoms with E-state index in [0.717, 1.165) is 19.4 Å². The number of unbranched alkanes of at least 4 members (excludes halogenated alkanes) is 1. The molecule has 0 aliphatic carbocycles. The van der Waals surface area contributed by atoms with Gasteiger partial charge in [-0.05, 0) is 24.6 Å². The lowest BCUT2D eigenvalue weighted by Crippen LogP contribution is -2.26. The molecule has 0 heterocycles. The Bertz CT molecular complexity index is 355. The van der Waals surface area contributed by atoms with Crippen LogP contribution in [0.2, 0.25) is 0 Å². The van der Waals surface area contributed by atoms with E-state index in [2.05, 4.69) is 17.6 Å². The molecule has 17 heavy (non-hydrogen) atoms. The van der Waals surface area contributed by atoms with Crippen molar-refractivity contribution in [3.63, 3.8) is 0 Å². The van der Waals surface area contributed by atoms with Crippen molar-refractivity contribution in [3.05, 3.63) is 30.1 Å². The zero-order chi connectivity index (χ0) is 12.5. The molecule has 4 heteroatoms. The Morgan fingerprint density at radius 2 is 2.18 bits per heavy atom. The van der Waals surface area contributed by atoms with Gasteiger partial charge in [0, 0.05) is 25.2 Å². The van der Waals surface area contributed by atoms with Crippen LogP contribution in [-0.2, 0) is 4.79 Å². The molecule has 0 aliphatic heterocycles. The van der Waals surface area contributed by atoms with Crippen LogP contribution in [-0.4, -0.2) is 19.0 Å². The van der Waals surface area contributed by atoms with E-state index in [4.69, 9.17) is 0 Å². The predicted molar refractivity (Wildman–Crippen MR) is 67.4 cm³/mol. The lowest BCUT2D eigenvalue weighted by atomic mass is 10.3. The fraction of sp³-hybridized carbons (Fsp3) is 0.462. The maximum atomic E-state index is 12.8. The Hall–Kier alpha value is -1.58. The van der Waals surface area contributed by atoms with Gasteiger partial charge in [-0.3, -0.25) is 4.79 Å². The van der Waals surface area contributed by atoms with Gasteiger partial charge in [0.05, 0.1) is 0 Å². The van der Waals surface area contributed by atoms with E-state index in [9.17, 15) is 9.18 Å². The molecule has 0 spiro atoms. The van der Waals surface area contributed by atoms with Crippen LogP contribution < -0.4 is 10.6 Å². The van der Waals surface area contributed by atoms with Gasteiger partial charge in [0.2, 0.25) is 5.91 Å². The van der Waals surface area contributed by atoms with Gasteiger partial charge >= 0.3 is 0 Å². The molecule has 0 atom stereocenters. The van der Waals surface area contributed by atoms with Crippen molar-refractivity contribution in [2.24, 2.45) is 0 Å². The Kier molecular flexibility index (Phi) is 6.07. The predicted octanol–water partition coefficient (Wildman–Crippen LogP) is 2.54. The third kappa shape index (κ3) is 5.90. The largest absolute Gasteiger partial charge is 0.384 e. The first-order valence-electron chi connectivity index (χ1n) is 5.98. The van der Waals surface area contributed by atoms with Gasteiger partial charge in [-0.1, -0.05) is 19.4 Å². The van der Waals surface area contributed by atoms with E-state index in [1.54, 1.807) is 12.1 Å². The molecule has 1 aromatic carbocycles. The Morgan fingerprint density at radius 1 is 1.35 bits per heavy atom. The summed E-state index contributed by atoms with van der Waals surface area (Å²) in [6, 6.07) is 6.22. The number of anilines is 1. The Balaban J connectivity index is 2.17. The molecule has 94 valence electrons. The van der Waals surface area contributed by atoms with Crippen molar-refractivity contribution in [2.75, 3.05) is 18.4 Å². The first-order valence-corrected chi connectivity index (χ1v) is 5.98. The fourth-order valence-corrected chi connectivity index (χ4v) is 1.41. The van der Waals surface area contributed by atoms with Crippen molar-refractivity contribution in [1.82, 2.24) is 5.32 Å². The third-order valence-electron chi connectivity index (χ3n) is 2.36. The summed E-state index contributed by atoms with van der Waals surface area (Å²) in [5.74, 6) is -0.246. The highest BCUT2D eigenvalue weighted by atomic mass is 19.1. The minimum Gasteiger partial charge on any atom is -0.384 e. The zero-order valence-electron chi connectivity index (χ0n) is 10.1. The minimum absolute atomic E-state index is 0.0300. The highest BCUT2D eigenvalue weighted by Gasteiger charge is 2.00. The molecule has 1 amide bonds. The molecule has 0 saturated carbocycles. The van der Waals surface area contributed by atoms with Crippen molar-refractivity contribution in [3.8, 4) is 0 Å². The number of rotatable bonds is 7. The molecule has 0 radical (unpaired) electrons. The summed E-state index contributed by atoms with van der Waals surface area (Å²) in [7, 11) is 0. The van der Waals surface area contributed by atoms with Crippen LogP contribution in [0.25, 0.3) is 0 Å². The van der Waals surface area contributed by atoms with Crippen molar-refractivity contribution in [2.45, 2.75) is 26.2 Å². The normalized spacial score (nSPS) is 10.0. The summed E-state index contributed by atoms with van der Waals surface area (Å²) < 4.78 is 12.8. The molecule has 0 fully saturated rings. The number of carbonyl (C=O) groups is 1. The molecular weight excluding hydrogens is 219 g/mol. The van der Waals surface area contributed by atoms with Gasteiger partial charge in [-0.25, -0.2) is 4.39 Å². The van der Waals surface area contributed by atoms with Gasteiger partial charge in [0.15, 0.2) is 0 Å². The van der Waals surface area contributed by atoms with Crippen molar-refractivity contribution in [1.29, 1.82) is 0 Å². The van der Waals surface area contributed by atoms with Gasteiger partial charge in [-0.2, -0.15) is 0 Å². The van der Waals surface area contributed by atoms with E-state index in [1.165, 1.54) is 12.1 Å². The van der Waals surface area contributed by atoms with Crippen LogP contribution in [0.15, 0.2) is 24.3 Å². The molecular formula is C13H19FN2O. The average molecular weight is 238 g/mol. The quantitative estimate of drug-likeness (QED) is 0.717. The third-order valence-corrected chi connectivity index (χ3v) is 2.36. The second-order valence-corrected chi connectivity index (χ2v) is 3.89. The molecule has 0 unspecified atom stereocenters. The van der Waals surface area contributed by atoms with Crippen LogP contribution in [0.5, 0.6) is 0 Å². The van der Waals surface area contributed by atoms with E-state index in [1.807, 2.05) is 0 Å². The van der Waals surface area contributed by atoms with Crippen LogP contribution in [0.3, 0.4) is 0 Å². The number of amides is 1. The summed E-state index contributed by atoms with van der Waals surface area (Å²) in [4.78, 5) is 11.3. The van der Waals surface area contributed by atoms with E-state index >= 15 is 0 Å². The van der Waals surface area contributed by atoms with E-state index in [-0.39, 0.29) is 11.7 Å². The van der Waals surface area contributed by atoms with Gasteiger partial charge < -0.3 is 10.6 Å². The van der Waals surface area contributed by atoms with Crippen molar-refractivity contribution >= 4 is 11.6 Å². The minimum atomic E-state index is -0.276. The average Bonchev–Trinajstić information content (AvgIpc) is 2.29. The van der Waals surface area contributed by atoms with Crippen molar-refractivity contribution < 1.29 is 9.18 Å². The van der Waals surface area contributed by atoms with Gasteiger partial charge in [-0.15, -0.1) is 0 Å². The van der Waals surface area contributed by atoms with Crippen LogP contribution >= 0.6 is 0 Å². The molecule has 2 N–H and O–H groups in total. The second-order valence-electron chi connectivity index (χ2n) is 3.89. The molecule has 0 aliphatic rings. The highest BCUT2D eigenvalue weighted by molar-refractivity contribution is 5.76. The molecule has 0 bridgehead atoms. The summed E-state index contributed by atoms with van der Waals surface area (Å²) in [5, 5.41) is 5.83. The number of carbonyl (C=O) groups excluding carboxylic acids is 1. The summed E-state index contributed by atoms with van der Waals surface area (Å²) in [6.07, 6.45) is 2.48. The lowest BCUT2D eigenvalue weighted by molar-refractivity contribution is -0.120. The molecule has 1 aromatic rings. The Morgan fingerprint density at radius 3 is 2.88 bits per heavy atom. The van der Waals surface area contributed by atoms with E-state index < -0.39 is 0 Å². The maximum Gasteiger partial charge on any atom is 0.221 e. The van der Waals surface area contributed by atoms with Crippen LogP contribution in [0.1, 0.15) is 26.2 Å². The summed E-state index contributed by atoms with van der Waals surface area (Å²) >= 11 is 0.